The Balaban J connectivity index is 2.17. The molecule has 0 heterocycles. The molecule has 0 fully saturated rings. The van der Waals surface area contributed by atoms with Crippen molar-refractivity contribution >= 4 is 50.1 Å². The van der Waals surface area contributed by atoms with Crippen molar-refractivity contribution in [2.75, 3.05) is 0 Å². The van der Waals surface area contributed by atoms with Crippen LogP contribution in [-0.4, -0.2) is 0 Å². The van der Waals surface area contributed by atoms with Crippen LogP contribution in [0.3, 0.4) is 0 Å². The van der Waals surface area contributed by atoms with Crippen LogP contribution in [0.2, 0.25) is 5.02 Å². The molecule has 2 aromatic rings. The molecule has 0 aliphatic carbocycles. The zero-order valence-electron chi connectivity index (χ0n) is 9.96. The molecule has 0 aliphatic rings. The van der Waals surface area contributed by atoms with E-state index in [1.54, 1.807) is 18.2 Å². The number of nitrogens with zero attached hydrogens (tertiary/aromatic N) is 1. The molecule has 0 saturated heterocycles. The Hall–Kier alpha value is -0.840. The lowest BCUT2D eigenvalue weighted by Gasteiger charge is -2.09. The normalized spacial score (nSPS) is 10.2. The van der Waals surface area contributed by atoms with E-state index >= 15 is 0 Å². The number of rotatable bonds is 3. The van der Waals surface area contributed by atoms with Gasteiger partial charge in [-0.2, -0.15) is 5.26 Å². The summed E-state index contributed by atoms with van der Waals surface area (Å²) in [5.74, 6) is 0.0435. The predicted molar refractivity (Wildman–Crippen MR) is 87.3 cm³/mol. The molecule has 0 bridgehead atoms. The summed E-state index contributed by atoms with van der Waals surface area (Å²) in [6, 6.07) is 9.85. The highest BCUT2D eigenvalue weighted by molar-refractivity contribution is 14.1. The van der Waals surface area contributed by atoms with E-state index in [4.69, 9.17) is 21.6 Å². The molecule has 0 aliphatic heterocycles. The summed E-state index contributed by atoms with van der Waals surface area (Å²) < 4.78 is 20.7. The Morgan fingerprint density at radius 1 is 1.35 bits per heavy atom. The van der Waals surface area contributed by atoms with Crippen LogP contribution in [0.4, 0.5) is 4.39 Å². The van der Waals surface area contributed by atoms with Crippen LogP contribution in [0.1, 0.15) is 11.1 Å². The fraction of sp³-hybridized carbons (Fsp3) is 0.0714. The van der Waals surface area contributed by atoms with Gasteiger partial charge >= 0.3 is 0 Å². The van der Waals surface area contributed by atoms with Crippen LogP contribution >= 0.6 is 50.1 Å². The van der Waals surface area contributed by atoms with Gasteiger partial charge in [0, 0.05) is 13.6 Å². The lowest BCUT2D eigenvalue weighted by atomic mass is 10.1. The standard InChI is InChI=1S/C14H7BrClFINO/c15-11-3-8(6-19)13(17)4-9(11)7-20-10-1-2-14(18)12(16)5-10/h1-5H,7H2. The largest absolute Gasteiger partial charge is 0.489 e. The summed E-state index contributed by atoms with van der Waals surface area (Å²) >= 11 is 11.4. The molecule has 6 heteroatoms. The number of benzene rings is 2. The van der Waals surface area contributed by atoms with Crippen LogP contribution in [-0.2, 0) is 6.61 Å². The van der Waals surface area contributed by atoms with E-state index in [1.807, 2.05) is 6.07 Å². The lowest BCUT2D eigenvalue weighted by molar-refractivity contribution is 0.304. The van der Waals surface area contributed by atoms with Gasteiger partial charge < -0.3 is 4.74 Å². The molecule has 0 spiro atoms. The van der Waals surface area contributed by atoms with Crippen LogP contribution in [0, 0.1) is 20.7 Å². The van der Waals surface area contributed by atoms with Gasteiger partial charge in [0.15, 0.2) is 0 Å². The third-order valence-corrected chi connectivity index (χ3v) is 4.85. The Morgan fingerprint density at radius 3 is 2.75 bits per heavy atom. The second-order valence-corrected chi connectivity index (χ2v) is 6.32. The van der Waals surface area contributed by atoms with Crippen LogP contribution in [0.15, 0.2) is 34.8 Å². The number of ether oxygens (including phenoxy) is 1. The quantitative estimate of drug-likeness (QED) is 0.576. The highest BCUT2D eigenvalue weighted by Gasteiger charge is 2.09. The van der Waals surface area contributed by atoms with Gasteiger partial charge in [0.05, 0.1) is 10.6 Å². The van der Waals surface area contributed by atoms with E-state index in [2.05, 4.69) is 38.5 Å². The van der Waals surface area contributed by atoms with E-state index in [0.717, 1.165) is 3.57 Å². The zero-order valence-corrected chi connectivity index (χ0v) is 14.5. The molecule has 0 amide bonds. The van der Waals surface area contributed by atoms with E-state index in [-0.39, 0.29) is 12.2 Å². The van der Waals surface area contributed by atoms with Crippen molar-refractivity contribution < 1.29 is 9.13 Å². The van der Waals surface area contributed by atoms with Gasteiger partial charge in [-0.3, -0.25) is 0 Å². The van der Waals surface area contributed by atoms with Crippen LogP contribution < -0.4 is 4.74 Å². The fourth-order valence-corrected chi connectivity index (χ4v) is 2.48. The zero-order chi connectivity index (χ0) is 14.7. The molecule has 2 aromatic carbocycles. The summed E-state index contributed by atoms with van der Waals surface area (Å²) in [6.45, 7) is 0.181. The number of nitriles is 1. The first-order chi connectivity index (χ1) is 9.51. The van der Waals surface area contributed by atoms with E-state index in [1.165, 1.54) is 12.1 Å². The Bertz CT molecular complexity index is 702. The van der Waals surface area contributed by atoms with E-state index < -0.39 is 5.82 Å². The highest BCUT2D eigenvalue weighted by atomic mass is 127. The minimum absolute atomic E-state index is 0.00191. The molecule has 20 heavy (non-hydrogen) atoms. The average Bonchev–Trinajstić information content (AvgIpc) is 2.43. The SMILES string of the molecule is N#Cc1cc(Br)c(COc2ccc(I)c(Cl)c2)cc1F. The molecule has 0 unspecified atom stereocenters. The summed E-state index contributed by atoms with van der Waals surface area (Å²) in [5, 5.41) is 9.35. The van der Waals surface area contributed by atoms with Gasteiger partial charge in [-0.15, -0.1) is 0 Å². The molecule has 0 radical (unpaired) electrons. The Labute approximate surface area is 142 Å². The minimum atomic E-state index is -0.560. The van der Waals surface area contributed by atoms with Crippen molar-refractivity contribution in [1.82, 2.24) is 0 Å². The number of hydrogen-bond donors (Lipinski definition) is 0. The topological polar surface area (TPSA) is 33.0 Å². The Morgan fingerprint density at radius 2 is 2.10 bits per heavy atom. The van der Waals surface area contributed by atoms with E-state index in [9.17, 15) is 4.39 Å². The van der Waals surface area contributed by atoms with Crippen LogP contribution in [0.5, 0.6) is 5.75 Å². The smallest absolute Gasteiger partial charge is 0.141 e. The van der Waals surface area contributed by atoms with E-state index in [0.29, 0.717) is 20.8 Å². The van der Waals surface area contributed by atoms with Gasteiger partial charge in [0.1, 0.15) is 24.2 Å². The van der Waals surface area contributed by atoms with Crippen LogP contribution in [0.25, 0.3) is 0 Å². The van der Waals surface area contributed by atoms with Crippen molar-refractivity contribution in [3.05, 3.63) is 60.3 Å². The molecule has 102 valence electrons. The van der Waals surface area contributed by atoms with Crippen molar-refractivity contribution in [2.24, 2.45) is 0 Å². The molecule has 2 rings (SSSR count). The molecule has 2 nitrogen and oxygen atoms in total. The van der Waals surface area contributed by atoms with Gasteiger partial charge in [-0.05, 0) is 52.9 Å². The third kappa shape index (κ3) is 3.62. The van der Waals surface area contributed by atoms with Crippen molar-refractivity contribution in [1.29, 1.82) is 5.26 Å². The maximum Gasteiger partial charge on any atom is 0.141 e. The van der Waals surface area contributed by atoms with Gasteiger partial charge in [-0.25, -0.2) is 4.39 Å². The van der Waals surface area contributed by atoms with Crippen molar-refractivity contribution in [3.63, 3.8) is 0 Å². The highest BCUT2D eigenvalue weighted by Crippen LogP contribution is 2.26. The fourth-order valence-electron chi connectivity index (χ4n) is 1.51. The lowest BCUT2D eigenvalue weighted by Crippen LogP contribution is -1.99. The monoisotopic (exact) mass is 465 g/mol. The predicted octanol–water partition coefficient (Wildman–Crippen LogP) is 5.30. The molecular weight excluding hydrogens is 459 g/mol. The first kappa shape index (κ1) is 15.5. The maximum absolute atomic E-state index is 13.6. The Kier molecular flexibility index (Phi) is 5.24. The molecule has 0 aromatic heterocycles. The summed E-state index contributed by atoms with van der Waals surface area (Å²) in [7, 11) is 0. The summed E-state index contributed by atoms with van der Waals surface area (Å²) in [5.41, 5.74) is 0.620. The first-order valence-electron chi connectivity index (χ1n) is 5.47. The molecular formula is C14H7BrClFINO. The average molecular weight is 466 g/mol. The summed E-state index contributed by atoms with van der Waals surface area (Å²) in [4.78, 5) is 0. The molecule has 0 atom stereocenters. The first-order valence-corrected chi connectivity index (χ1v) is 7.72. The molecule has 0 saturated carbocycles. The molecule has 0 N–H and O–H groups in total. The van der Waals surface area contributed by atoms with Crippen molar-refractivity contribution in [3.8, 4) is 11.8 Å². The maximum atomic E-state index is 13.6. The van der Waals surface area contributed by atoms with Gasteiger partial charge in [-0.1, -0.05) is 27.5 Å². The minimum Gasteiger partial charge on any atom is -0.489 e. The number of halogens is 4. The van der Waals surface area contributed by atoms with Crippen molar-refractivity contribution in [2.45, 2.75) is 6.61 Å². The summed E-state index contributed by atoms with van der Waals surface area (Å²) in [6.07, 6.45) is 0. The number of hydrogen-bond acceptors (Lipinski definition) is 2. The van der Waals surface area contributed by atoms with Gasteiger partial charge in [0.25, 0.3) is 0 Å². The second-order valence-electron chi connectivity index (χ2n) is 3.90. The van der Waals surface area contributed by atoms with Gasteiger partial charge in [0.2, 0.25) is 0 Å². The third-order valence-electron chi connectivity index (χ3n) is 2.54. The second kappa shape index (κ2) is 6.74.